The fourth-order valence-corrected chi connectivity index (χ4v) is 2.77. The number of hydrogen-bond donors (Lipinski definition) is 1. The van der Waals surface area contributed by atoms with E-state index in [1.54, 1.807) is 24.3 Å². The zero-order chi connectivity index (χ0) is 15.2. The summed E-state index contributed by atoms with van der Waals surface area (Å²) >= 11 is 5.98. The molecule has 0 saturated carbocycles. The van der Waals surface area contributed by atoms with Crippen LogP contribution < -0.4 is 10.5 Å². The standard InChI is InChI=1S/C17H16ClNO2/c1-17(2)9-12-7-10(4-6-15(12)21-17)16(20)11-3-5-14(19)13(18)8-11/h3-8H,9,19H2,1-2H3. The molecule has 0 spiro atoms. The Labute approximate surface area is 128 Å². The van der Waals surface area contributed by atoms with Crippen LogP contribution in [0.25, 0.3) is 0 Å². The van der Waals surface area contributed by atoms with E-state index in [4.69, 9.17) is 22.1 Å². The summed E-state index contributed by atoms with van der Waals surface area (Å²) in [6.45, 7) is 4.07. The summed E-state index contributed by atoms with van der Waals surface area (Å²) in [5.74, 6) is 0.788. The van der Waals surface area contributed by atoms with Gasteiger partial charge in [0, 0.05) is 17.5 Å². The molecule has 0 fully saturated rings. The molecule has 2 aromatic carbocycles. The number of nitrogen functional groups attached to an aromatic ring is 1. The minimum Gasteiger partial charge on any atom is -0.487 e. The number of rotatable bonds is 2. The number of carbonyl (C=O) groups excluding carboxylic acids is 1. The smallest absolute Gasteiger partial charge is 0.193 e. The first-order chi connectivity index (χ1) is 9.85. The van der Waals surface area contributed by atoms with Gasteiger partial charge in [-0.25, -0.2) is 0 Å². The van der Waals surface area contributed by atoms with Crippen molar-refractivity contribution in [3.05, 3.63) is 58.1 Å². The number of nitrogens with two attached hydrogens (primary N) is 1. The minimum absolute atomic E-state index is 0.0654. The van der Waals surface area contributed by atoms with Gasteiger partial charge in [-0.05, 0) is 55.8 Å². The van der Waals surface area contributed by atoms with E-state index in [-0.39, 0.29) is 11.4 Å². The summed E-state index contributed by atoms with van der Waals surface area (Å²) in [6.07, 6.45) is 0.798. The van der Waals surface area contributed by atoms with Crippen molar-refractivity contribution in [2.75, 3.05) is 5.73 Å². The average Bonchev–Trinajstić information content (AvgIpc) is 2.73. The van der Waals surface area contributed by atoms with Crippen molar-refractivity contribution >= 4 is 23.1 Å². The molecule has 2 N–H and O–H groups in total. The molecule has 4 heteroatoms. The molecule has 3 rings (SSSR count). The second kappa shape index (κ2) is 4.78. The summed E-state index contributed by atoms with van der Waals surface area (Å²) in [5.41, 5.74) is 8.16. The third-order valence-corrected chi connectivity index (χ3v) is 3.92. The Hall–Kier alpha value is -2.00. The molecule has 0 radical (unpaired) electrons. The van der Waals surface area contributed by atoms with Gasteiger partial charge >= 0.3 is 0 Å². The predicted octanol–water partition coefficient (Wildman–Crippen LogP) is 3.87. The summed E-state index contributed by atoms with van der Waals surface area (Å²) in [4.78, 5) is 12.5. The third kappa shape index (κ3) is 2.61. The largest absolute Gasteiger partial charge is 0.487 e. The van der Waals surface area contributed by atoms with Crippen molar-refractivity contribution in [3.8, 4) is 5.75 Å². The summed E-state index contributed by atoms with van der Waals surface area (Å²) in [7, 11) is 0. The molecule has 0 amide bonds. The van der Waals surface area contributed by atoms with Crippen LogP contribution in [-0.2, 0) is 6.42 Å². The van der Waals surface area contributed by atoms with Crippen LogP contribution in [0.5, 0.6) is 5.75 Å². The lowest BCUT2D eigenvalue weighted by Crippen LogP contribution is -2.24. The zero-order valence-electron chi connectivity index (χ0n) is 11.9. The SMILES string of the molecule is CC1(C)Cc2cc(C(=O)c3ccc(N)c(Cl)c3)ccc2O1. The average molecular weight is 302 g/mol. The van der Waals surface area contributed by atoms with E-state index in [0.717, 1.165) is 17.7 Å². The van der Waals surface area contributed by atoms with Crippen molar-refractivity contribution in [2.24, 2.45) is 0 Å². The Morgan fingerprint density at radius 3 is 2.57 bits per heavy atom. The Kier molecular flexibility index (Phi) is 3.18. The predicted molar refractivity (Wildman–Crippen MR) is 84.1 cm³/mol. The zero-order valence-corrected chi connectivity index (χ0v) is 12.7. The van der Waals surface area contributed by atoms with Gasteiger partial charge in [-0.3, -0.25) is 4.79 Å². The molecular weight excluding hydrogens is 286 g/mol. The topological polar surface area (TPSA) is 52.3 Å². The van der Waals surface area contributed by atoms with Gasteiger partial charge in [0.25, 0.3) is 0 Å². The maximum absolute atomic E-state index is 12.5. The van der Waals surface area contributed by atoms with Crippen molar-refractivity contribution in [2.45, 2.75) is 25.9 Å². The maximum atomic E-state index is 12.5. The first kappa shape index (κ1) is 14.0. The highest BCUT2D eigenvalue weighted by molar-refractivity contribution is 6.33. The molecule has 0 aliphatic carbocycles. The minimum atomic E-state index is -0.214. The van der Waals surface area contributed by atoms with Gasteiger partial charge < -0.3 is 10.5 Å². The molecule has 108 valence electrons. The monoisotopic (exact) mass is 301 g/mol. The third-order valence-electron chi connectivity index (χ3n) is 3.59. The van der Waals surface area contributed by atoms with Crippen LogP contribution in [0.3, 0.4) is 0 Å². The highest BCUT2D eigenvalue weighted by atomic mass is 35.5. The van der Waals surface area contributed by atoms with Crippen molar-refractivity contribution in [1.29, 1.82) is 0 Å². The second-order valence-electron chi connectivity index (χ2n) is 5.93. The molecule has 0 bridgehead atoms. The number of hydrogen-bond acceptors (Lipinski definition) is 3. The summed E-state index contributed by atoms with van der Waals surface area (Å²) < 4.78 is 5.82. The van der Waals surface area contributed by atoms with Crippen LogP contribution in [0.1, 0.15) is 35.3 Å². The number of ether oxygens (including phenoxy) is 1. The van der Waals surface area contributed by atoms with E-state index in [1.807, 2.05) is 26.0 Å². The Balaban J connectivity index is 1.95. The molecule has 0 aromatic heterocycles. The first-order valence-corrected chi connectivity index (χ1v) is 7.15. The maximum Gasteiger partial charge on any atom is 0.193 e. The number of carbonyl (C=O) groups is 1. The highest BCUT2D eigenvalue weighted by Gasteiger charge is 2.30. The molecule has 1 aliphatic heterocycles. The fraction of sp³-hybridized carbons (Fsp3) is 0.235. The fourth-order valence-electron chi connectivity index (χ4n) is 2.59. The molecule has 1 aliphatic rings. The van der Waals surface area contributed by atoms with Gasteiger partial charge in [0.2, 0.25) is 0 Å². The first-order valence-electron chi connectivity index (χ1n) is 6.77. The van der Waals surface area contributed by atoms with Gasteiger partial charge in [0.15, 0.2) is 5.78 Å². The number of anilines is 1. The van der Waals surface area contributed by atoms with Crippen molar-refractivity contribution in [1.82, 2.24) is 0 Å². The molecule has 0 atom stereocenters. The van der Waals surface area contributed by atoms with Crippen LogP contribution in [-0.4, -0.2) is 11.4 Å². The lowest BCUT2D eigenvalue weighted by atomic mass is 9.97. The lowest BCUT2D eigenvalue weighted by molar-refractivity contribution is 0.103. The van der Waals surface area contributed by atoms with Crippen LogP contribution in [0.2, 0.25) is 5.02 Å². The Morgan fingerprint density at radius 2 is 1.86 bits per heavy atom. The van der Waals surface area contributed by atoms with Crippen LogP contribution in [0.4, 0.5) is 5.69 Å². The highest BCUT2D eigenvalue weighted by Crippen LogP contribution is 2.35. The van der Waals surface area contributed by atoms with Gasteiger partial charge in [-0.15, -0.1) is 0 Å². The molecule has 21 heavy (non-hydrogen) atoms. The van der Waals surface area contributed by atoms with Gasteiger partial charge in [-0.1, -0.05) is 11.6 Å². The number of fused-ring (bicyclic) bond motifs is 1. The second-order valence-corrected chi connectivity index (χ2v) is 6.33. The number of ketones is 1. The molecular formula is C17H16ClNO2. The summed E-state index contributed by atoms with van der Waals surface area (Å²) in [6, 6.07) is 10.5. The van der Waals surface area contributed by atoms with E-state index >= 15 is 0 Å². The molecule has 3 nitrogen and oxygen atoms in total. The van der Waals surface area contributed by atoms with Gasteiger partial charge in [-0.2, -0.15) is 0 Å². The number of benzene rings is 2. The normalized spacial score (nSPS) is 15.4. The van der Waals surface area contributed by atoms with Crippen LogP contribution >= 0.6 is 11.6 Å². The lowest BCUT2D eigenvalue weighted by Gasteiger charge is -2.16. The van der Waals surface area contributed by atoms with E-state index in [1.165, 1.54) is 0 Å². The van der Waals surface area contributed by atoms with E-state index < -0.39 is 0 Å². The Morgan fingerprint density at radius 1 is 1.19 bits per heavy atom. The van der Waals surface area contributed by atoms with Crippen molar-refractivity contribution in [3.63, 3.8) is 0 Å². The van der Waals surface area contributed by atoms with E-state index in [2.05, 4.69) is 0 Å². The molecule has 2 aromatic rings. The quantitative estimate of drug-likeness (QED) is 0.677. The van der Waals surface area contributed by atoms with Gasteiger partial charge in [0.05, 0.1) is 10.7 Å². The number of halogens is 1. The molecule has 0 unspecified atom stereocenters. The van der Waals surface area contributed by atoms with Gasteiger partial charge in [0.1, 0.15) is 11.4 Å². The van der Waals surface area contributed by atoms with E-state index in [0.29, 0.717) is 21.8 Å². The van der Waals surface area contributed by atoms with Crippen LogP contribution in [0.15, 0.2) is 36.4 Å². The van der Waals surface area contributed by atoms with Crippen molar-refractivity contribution < 1.29 is 9.53 Å². The van der Waals surface area contributed by atoms with Crippen LogP contribution in [0, 0.1) is 0 Å². The molecule has 1 heterocycles. The van der Waals surface area contributed by atoms with E-state index in [9.17, 15) is 4.79 Å². The molecule has 0 saturated heterocycles. The Bertz CT molecular complexity index is 738. The summed E-state index contributed by atoms with van der Waals surface area (Å²) in [5, 5.41) is 0.395.